The first-order chi connectivity index (χ1) is 25.6. The molecule has 53 heavy (non-hydrogen) atoms. The summed E-state index contributed by atoms with van der Waals surface area (Å²) >= 11 is 2.23. The highest BCUT2D eigenvalue weighted by Gasteiger charge is 2.61. The van der Waals surface area contributed by atoms with Crippen molar-refractivity contribution in [3.8, 4) is 6.07 Å². The number of nitriles is 1. The monoisotopic (exact) mass is 843 g/mol. The minimum atomic E-state index is -1.76. The van der Waals surface area contributed by atoms with Crippen LogP contribution in [0.5, 0.6) is 0 Å². The van der Waals surface area contributed by atoms with Gasteiger partial charge in [0.25, 0.3) is 5.79 Å². The number of benzene rings is 3. The van der Waals surface area contributed by atoms with Gasteiger partial charge in [0.1, 0.15) is 54.9 Å². The lowest BCUT2D eigenvalue weighted by Gasteiger charge is -2.53. The van der Waals surface area contributed by atoms with Crippen LogP contribution in [0.2, 0.25) is 0 Å². The Kier molecular flexibility index (Phi) is 12.2. The molecular weight excluding hydrogens is 797 g/mol. The van der Waals surface area contributed by atoms with E-state index in [9.17, 15) is 10.4 Å². The normalized spacial score (nSPS) is 36.3. The van der Waals surface area contributed by atoms with Gasteiger partial charge >= 0.3 is 0 Å². The van der Waals surface area contributed by atoms with Crippen LogP contribution < -0.4 is 0 Å². The predicted octanol–water partition coefficient (Wildman–Crippen LogP) is 5.02. The zero-order chi connectivity index (χ0) is 37.2. The van der Waals surface area contributed by atoms with Gasteiger partial charge in [0.05, 0.1) is 25.9 Å². The fourth-order valence-electron chi connectivity index (χ4n) is 7.41. The van der Waals surface area contributed by atoms with Crippen molar-refractivity contribution in [2.24, 2.45) is 0 Å². The van der Waals surface area contributed by atoms with Crippen molar-refractivity contribution in [3.63, 3.8) is 0 Å². The minimum Gasteiger partial charge on any atom is -0.387 e. The van der Waals surface area contributed by atoms with Gasteiger partial charge in [0, 0.05) is 17.1 Å². The van der Waals surface area contributed by atoms with Crippen molar-refractivity contribution in [1.82, 2.24) is 0 Å². The minimum absolute atomic E-state index is 0.0397. The topological polar surface area (TPSA) is 136 Å². The molecule has 12 nitrogen and oxygen atoms in total. The summed E-state index contributed by atoms with van der Waals surface area (Å²) in [6.45, 7) is 6.00. The molecule has 0 amide bonds. The van der Waals surface area contributed by atoms with E-state index in [-0.39, 0.29) is 19.6 Å². The van der Waals surface area contributed by atoms with Crippen LogP contribution in [0.1, 0.15) is 37.5 Å². The van der Waals surface area contributed by atoms with E-state index >= 15 is 0 Å². The molecule has 0 spiro atoms. The number of halogens is 1. The first-order valence-electron chi connectivity index (χ1n) is 17.9. The highest BCUT2D eigenvalue weighted by molar-refractivity contribution is 14.1. The Morgan fingerprint density at radius 3 is 2.11 bits per heavy atom. The summed E-state index contributed by atoms with van der Waals surface area (Å²) in [6, 6.07) is 29.4. The molecule has 4 fully saturated rings. The third-order valence-electron chi connectivity index (χ3n) is 9.91. The SMILES string of the molecule is CO[C@@H]1O[C@@H](C)[C@H](O[C@@H]2O[C@@H]3C(COCc4ccccc4)OC(C#N)(Cc4ccccc4I)O[C@H]3[C@H](O)[C@@H]2OCc2ccccc2)[C@H]2OC(C)(C)O[C@@H]12. The molecule has 1 N–H and O–H groups in total. The molecule has 4 aliphatic rings. The number of nitrogens with zero attached hydrogens (tertiary/aromatic N) is 1. The molecule has 3 aromatic carbocycles. The van der Waals surface area contributed by atoms with Crippen molar-refractivity contribution >= 4 is 22.6 Å². The van der Waals surface area contributed by atoms with Crippen molar-refractivity contribution in [3.05, 3.63) is 105 Å². The van der Waals surface area contributed by atoms with Gasteiger partial charge in [-0.1, -0.05) is 78.9 Å². The number of fused-ring (bicyclic) bond motifs is 2. The van der Waals surface area contributed by atoms with Crippen molar-refractivity contribution in [2.75, 3.05) is 13.7 Å². The maximum Gasteiger partial charge on any atom is 0.264 e. The van der Waals surface area contributed by atoms with Gasteiger partial charge in [-0.15, -0.1) is 0 Å². The van der Waals surface area contributed by atoms with Crippen LogP contribution in [-0.2, 0) is 67.0 Å². The summed E-state index contributed by atoms with van der Waals surface area (Å²) in [4.78, 5) is 0. The van der Waals surface area contributed by atoms with Crippen molar-refractivity contribution < 1.29 is 52.5 Å². The standard InChI is InChI=1S/C40H46INO11/c1-24-31(35-36(37(44-4)47-24)52-39(2,3)51-35)48-38-34(46-21-26-15-9-6-10-16-26)30(43)33-32(49-38)29(22-45-20-25-13-7-5-8-14-25)50-40(23-42,53-33)19-27-17-11-12-18-28(27)41/h5-18,24,29-38,43H,19-22H2,1-4H3/t24-,29?,30-,31-,32+,33-,34-,35+,36+,37+,38+,40?/m0/s1. The summed E-state index contributed by atoms with van der Waals surface area (Å²) < 4.78 is 64.6. The van der Waals surface area contributed by atoms with Crippen LogP contribution in [0.3, 0.4) is 0 Å². The average Bonchev–Trinajstić information content (AvgIpc) is 3.49. The Morgan fingerprint density at radius 2 is 1.43 bits per heavy atom. The van der Waals surface area contributed by atoms with E-state index in [4.69, 9.17) is 47.4 Å². The molecule has 0 bridgehead atoms. The zero-order valence-corrected chi connectivity index (χ0v) is 32.3. The predicted molar refractivity (Wildman–Crippen MR) is 197 cm³/mol. The van der Waals surface area contributed by atoms with E-state index in [0.717, 1.165) is 20.3 Å². The van der Waals surface area contributed by atoms with Gasteiger partial charge in [-0.05, 0) is 66.1 Å². The van der Waals surface area contributed by atoms with Crippen molar-refractivity contribution in [1.29, 1.82) is 5.26 Å². The molecule has 3 aromatic rings. The lowest BCUT2D eigenvalue weighted by molar-refractivity contribution is -0.412. The second-order valence-electron chi connectivity index (χ2n) is 14.2. The molecule has 4 heterocycles. The van der Waals surface area contributed by atoms with Crippen LogP contribution in [0.25, 0.3) is 0 Å². The number of rotatable bonds is 12. The molecule has 0 aromatic heterocycles. The van der Waals surface area contributed by atoms with E-state index in [2.05, 4.69) is 28.7 Å². The van der Waals surface area contributed by atoms with Crippen LogP contribution in [0.15, 0.2) is 84.9 Å². The van der Waals surface area contributed by atoms with Gasteiger partial charge in [-0.25, -0.2) is 0 Å². The van der Waals surface area contributed by atoms with Crippen LogP contribution in [-0.4, -0.2) is 97.9 Å². The Hall–Kier alpha value is -2.56. The maximum absolute atomic E-state index is 12.3. The largest absolute Gasteiger partial charge is 0.387 e. The molecule has 4 aliphatic heterocycles. The summed E-state index contributed by atoms with van der Waals surface area (Å²) in [5, 5.41) is 23.0. The third kappa shape index (κ3) is 8.65. The molecule has 4 saturated heterocycles. The lowest BCUT2D eigenvalue weighted by atomic mass is 9.91. The second-order valence-corrected chi connectivity index (χ2v) is 15.4. The van der Waals surface area contributed by atoms with E-state index in [1.807, 2.05) is 106 Å². The second kappa shape index (κ2) is 16.7. The highest BCUT2D eigenvalue weighted by atomic mass is 127. The van der Waals surface area contributed by atoms with E-state index in [0.29, 0.717) is 6.61 Å². The number of hydrogen-bond donors (Lipinski definition) is 1. The molecule has 0 aliphatic carbocycles. The summed E-state index contributed by atoms with van der Waals surface area (Å²) in [5.41, 5.74) is 2.72. The van der Waals surface area contributed by atoms with Crippen molar-refractivity contribution in [2.45, 2.75) is 119 Å². The average molecular weight is 844 g/mol. The number of hydrogen-bond acceptors (Lipinski definition) is 12. The lowest BCUT2D eigenvalue weighted by Crippen LogP contribution is -2.70. The Labute approximate surface area is 323 Å². The van der Waals surface area contributed by atoms with E-state index in [1.165, 1.54) is 0 Å². The van der Waals surface area contributed by atoms with Crippen LogP contribution >= 0.6 is 22.6 Å². The first-order valence-corrected chi connectivity index (χ1v) is 19.0. The number of methoxy groups -OCH3 is 1. The maximum atomic E-state index is 12.3. The summed E-state index contributed by atoms with van der Waals surface area (Å²) in [6.07, 6.45) is -9.30. The van der Waals surface area contributed by atoms with E-state index < -0.39 is 79.1 Å². The van der Waals surface area contributed by atoms with Gasteiger partial charge in [0.15, 0.2) is 18.4 Å². The number of aliphatic hydroxyl groups is 1. The molecule has 13 heteroatoms. The number of ether oxygens (including phenoxy) is 10. The van der Waals surface area contributed by atoms with Gasteiger partial charge in [0.2, 0.25) is 0 Å². The molecule has 12 atom stereocenters. The molecule has 0 radical (unpaired) electrons. The summed E-state index contributed by atoms with van der Waals surface area (Å²) in [7, 11) is 1.56. The quantitative estimate of drug-likeness (QED) is 0.245. The third-order valence-corrected chi connectivity index (χ3v) is 11.0. The molecular formula is C40H46INO11. The van der Waals surface area contributed by atoms with Gasteiger partial charge in [-0.2, -0.15) is 5.26 Å². The number of aliphatic hydroxyl groups excluding tert-OH is 1. The van der Waals surface area contributed by atoms with Crippen LogP contribution in [0.4, 0.5) is 0 Å². The first kappa shape index (κ1) is 38.7. The zero-order valence-electron chi connectivity index (χ0n) is 30.1. The fraction of sp³-hybridized carbons (Fsp3) is 0.525. The van der Waals surface area contributed by atoms with Crippen LogP contribution in [0, 0.1) is 14.9 Å². The Bertz CT molecular complexity index is 1690. The highest BCUT2D eigenvalue weighted by Crippen LogP contribution is 2.43. The molecule has 0 saturated carbocycles. The smallest absolute Gasteiger partial charge is 0.264 e. The Balaban J connectivity index is 1.20. The molecule has 7 rings (SSSR count). The summed E-state index contributed by atoms with van der Waals surface area (Å²) in [5.74, 6) is -2.69. The molecule has 284 valence electrons. The molecule has 2 unspecified atom stereocenters. The van der Waals surface area contributed by atoms with Gasteiger partial charge in [-0.3, -0.25) is 0 Å². The Morgan fingerprint density at radius 1 is 0.774 bits per heavy atom. The fourth-order valence-corrected chi connectivity index (χ4v) is 7.99. The van der Waals surface area contributed by atoms with Gasteiger partial charge < -0.3 is 52.5 Å². The van der Waals surface area contributed by atoms with E-state index in [1.54, 1.807) is 7.11 Å².